The Bertz CT molecular complexity index is 92.4. The van der Waals surface area contributed by atoms with Crippen molar-refractivity contribution in [3.63, 3.8) is 0 Å². The van der Waals surface area contributed by atoms with Crippen LogP contribution in [0.4, 0.5) is 0 Å². The fourth-order valence-electron chi connectivity index (χ4n) is 0.801. The molecule has 0 rings (SSSR count). The van der Waals surface area contributed by atoms with Gasteiger partial charge in [0.1, 0.15) is 0 Å². The lowest BCUT2D eigenvalue weighted by atomic mass is 10.0. The Labute approximate surface area is 91.5 Å². The average molecular weight is 227 g/mol. The summed E-state index contributed by atoms with van der Waals surface area (Å²) in [4.78, 5) is 0. The van der Waals surface area contributed by atoms with E-state index >= 15 is 0 Å². The van der Waals surface area contributed by atoms with E-state index in [0.717, 1.165) is 19.3 Å². The normalized spacial score (nSPS) is 14.5. The minimum absolute atomic E-state index is 0.149. The first-order valence-electron chi connectivity index (χ1n) is 3.57. The quantitative estimate of drug-likeness (QED) is 0.403. The molecule has 0 nitrogen and oxygen atoms in total. The molecule has 0 N–H and O–H groups in total. The maximum absolute atomic E-state index is 4.17. The highest BCUT2D eigenvalue weighted by molar-refractivity contribution is 7.99. The van der Waals surface area contributed by atoms with Gasteiger partial charge in [-0.15, -0.1) is 0 Å². The number of thiol groups is 4. The number of hydrogen-bond donors (Lipinski definition) is 4. The second-order valence-corrected chi connectivity index (χ2v) is 5.95. The zero-order valence-electron chi connectivity index (χ0n) is 6.35. The minimum atomic E-state index is 0.149. The third-order valence-corrected chi connectivity index (χ3v) is 2.32. The Morgan fingerprint density at radius 3 is 1.82 bits per heavy atom. The first-order valence-corrected chi connectivity index (χ1v) is 5.64. The molecule has 0 saturated carbocycles. The molecule has 1 unspecified atom stereocenters. The summed E-state index contributed by atoms with van der Waals surface area (Å²) >= 11 is 16.7. The van der Waals surface area contributed by atoms with Crippen molar-refractivity contribution in [3.8, 4) is 0 Å². The first kappa shape index (κ1) is 12.4. The minimum Gasteiger partial charge on any atom is -0.165 e. The fourth-order valence-corrected chi connectivity index (χ4v) is 1.70. The molecule has 11 heavy (non-hydrogen) atoms. The van der Waals surface area contributed by atoms with Gasteiger partial charge in [0, 0.05) is 9.16 Å². The summed E-state index contributed by atoms with van der Waals surface area (Å²) in [5.74, 6) is 0.428. The molecular weight excluding hydrogens is 212 g/mol. The summed E-state index contributed by atoms with van der Waals surface area (Å²) in [6.07, 6.45) is 2.99. The van der Waals surface area contributed by atoms with Crippen LogP contribution in [0.25, 0.3) is 0 Å². The van der Waals surface area contributed by atoms with Crippen LogP contribution < -0.4 is 0 Å². The SMILES string of the molecule is [CH2]C(CCC(S)S)CC(S)S. The van der Waals surface area contributed by atoms with E-state index in [-0.39, 0.29) is 9.16 Å². The van der Waals surface area contributed by atoms with Crippen molar-refractivity contribution >= 4 is 50.5 Å². The summed E-state index contributed by atoms with van der Waals surface area (Å²) < 4.78 is 0.327. The zero-order valence-corrected chi connectivity index (χ0v) is 9.93. The molecule has 0 saturated heterocycles. The third-order valence-electron chi connectivity index (χ3n) is 1.38. The molecule has 0 aromatic rings. The van der Waals surface area contributed by atoms with Crippen LogP contribution in [0.1, 0.15) is 19.3 Å². The van der Waals surface area contributed by atoms with Crippen molar-refractivity contribution in [2.24, 2.45) is 5.92 Å². The Morgan fingerprint density at radius 2 is 1.45 bits per heavy atom. The summed E-state index contributed by atoms with van der Waals surface area (Å²) in [7, 11) is 0. The number of rotatable bonds is 5. The van der Waals surface area contributed by atoms with Gasteiger partial charge in [0.2, 0.25) is 0 Å². The topological polar surface area (TPSA) is 0 Å². The highest BCUT2D eigenvalue weighted by Crippen LogP contribution is 2.20. The van der Waals surface area contributed by atoms with Crippen LogP contribution in [0, 0.1) is 12.8 Å². The Balaban J connectivity index is 3.29. The highest BCUT2D eigenvalue weighted by atomic mass is 32.2. The van der Waals surface area contributed by atoms with Gasteiger partial charge in [0.05, 0.1) is 0 Å². The van der Waals surface area contributed by atoms with E-state index in [1.165, 1.54) is 0 Å². The van der Waals surface area contributed by atoms with Crippen molar-refractivity contribution in [3.05, 3.63) is 6.92 Å². The molecule has 0 bridgehead atoms. The van der Waals surface area contributed by atoms with Gasteiger partial charge in [-0.05, 0) is 25.2 Å². The van der Waals surface area contributed by atoms with E-state index in [1.54, 1.807) is 0 Å². The first-order chi connectivity index (χ1) is 5.02. The van der Waals surface area contributed by atoms with E-state index in [2.05, 4.69) is 57.4 Å². The summed E-state index contributed by atoms with van der Waals surface area (Å²) in [5, 5.41) is 0. The van der Waals surface area contributed by atoms with Gasteiger partial charge >= 0.3 is 0 Å². The average Bonchev–Trinajstić information content (AvgIpc) is 1.82. The van der Waals surface area contributed by atoms with Crippen LogP contribution in [-0.4, -0.2) is 9.16 Å². The molecule has 0 fully saturated rings. The van der Waals surface area contributed by atoms with Crippen molar-refractivity contribution in [1.82, 2.24) is 0 Å². The van der Waals surface area contributed by atoms with Crippen LogP contribution in [0.3, 0.4) is 0 Å². The molecule has 0 aromatic heterocycles. The summed E-state index contributed by atoms with van der Waals surface area (Å²) in [6.45, 7) is 3.98. The zero-order chi connectivity index (χ0) is 8.85. The monoisotopic (exact) mass is 227 g/mol. The second kappa shape index (κ2) is 6.87. The molecule has 0 amide bonds. The Hall–Kier alpha value is 1.40. The number of hydrogen-bond acceptors (Lipinski definition) is 4. The molecule has 1 atom stereocenters. The van der Waals surface area contributed by atoms with E-state index in [9.17, 15) is 0 Å². The van der Waals surface area contributed by atoms with Crippen LogP contribution in [0.2, 0.25) is 0 Å². The molecule has 4 heteroatoms. The molecule has 67 valence electrons. The van der Waals surface area contributed by atoms with Gasteiger partial charge < -0.3 is 0 Å². The largest absolute Gasteiger partial charge is 0.165 e. The van der Waals surface area contributed by atoms with E-state index in [4.69, 9.17) is 0 Å². The molecule has 0 aromatic carbocycles. The van der Waals surface area contributed by atoms with Crippen molar-refractivity contribution in [2.75, 3.05) is 0 Å². The van der Waals surface area contributed by atoms with Crippen LogP contribution in [-0.2, 0) is 0 Å². The van der Waals surface area contributed by atoms with Crippen molar-refractivity contribution in [2.45, 2.75) is 28.4 Å². The van der Waals surface area contributed by atoms with Crippen LogP contribution in [0.15, 0.2) is 0 Å². The highest BCUT2D eigenvalue weighted by Gasteiger charge is 2.07. The van der Waals surface area contributed by atoms with Crippen molar-refractivity contribution < 1.29 is 0 Å². The van der Waals surface area contributed by atoms with Gasteiger partial charge in [-0.2, -0.15) is 50.5 Å². The molecule has 0 spiro atoms. The lowest BCUT2D eigenvalue weighted by Gasteiger charge is -2.13. The molecule has 0 heterocycles. The van der Waals surface area contributed by atoms with Gasteiger partial charge in [-0.3, -0.25) is 0 Å². The smallest absolute Gasteiger partial charge is 0.0444 e. The molecule has 1 radical (unpaired) electrons. The Kier molecular flexibility index (Phi) is 7.74. The van der Waals surface area contributed by atoms with Gasteiger partial charge in [0.15, 0.2) is 0 Å². The fraction of sp³-hybridized carbons (Fsp3) is 0.857. The van der Waals surface area contributed by atoms with Crippen LogP contribution in [0.5, 0.6) is 0 Å². The lowest BCUT2D eigenvalue weighted by molar-refractivity contribution is 0.555. The van der Waals surface area contributed by atoms with Gasteiger partial charge in [-0.1, -0.05) is 6.92 Å². The molecule has 0 aliphatic heterocycles. The Morgan fingerprint density at radius 1 is 0.909 bits per heavy atom. The maximum Gasteiger partial charge on any atom is 0.0444 e. The van der Waals surface area contributed by atoms with Crippen LogP contribution >= 0.6 is 50.5 Å². The van der Waals surface area contributed by atoms with Gasteiger partial charge in [0.25, 0.3) is 0 Å². The van der Waals surface area contributed by atoms with E-state index in [0.29, 0.717) is 5.92 Å². The predicted molar refractivity (Wildman–Crippen MR) is 66.2 cm³/mol. The summed E-state index contributed by atoms with van der Waals surface area (Å²) in [6, 6.07) is 0. The summed E-state index contributed by atoms with van der Waals surface area (Å²) in [5.41, 5.74) is 0. The lowest BCUT2D eigenvalue weighted by Crippen LogP contribution is -2.02. The van der Waals surface area contributed by atoms with E-state index < -0.39 is 0 Å². The maximum atomic E-state index is 4.17. The predicted octanol–water partition coefficient (Wildman–Crippen LogP) is 2.98. The molecular formula is C7H15S4. The molecule has 0 aliphatic rings. The molecule has 0 aliphatic carbocycles. The third kappa shape index (κ3) is 9.31. The van der Waals surface area contributed by atoms with Gasteiger partial charge in [-0.25, -0.2) is 0 Å². The second-order valence-electron chi connectivity index (χ2n) is 2.64. The van der Waals surface area contributed by atoms with E-state index in [1.807, 2.05) is 0 Å². The standard InChI is InChI=1S/C7H15S4/c1-5(4-7(10)11)2-3-6(8)9/h5-11H,1-4H2. The van der Waals surface area contributed by atoms with Crippen molar-refractivity contribution in [1.29, 1.82) is 0 Å².